The second-order valence-electron chi connectivity index (χ2n) is 8.62. The monoisotopic (exact) mass is 501 g/mol. The van der Waals surface area contributed by atoms with E-state index in [1.165, 1.54) is 13.2 Å². The molecular weight excluding hydrogens is 476 g/mol. The molecule has 0 radical (unpaired) electrons. The van der Waals surface area contributed by atoms with E-state index in [1.807, 2.05) is 12.1 Å². The third kappa shape index (κ3) is 5.21. The van der Waals surface area contributed by atoms with Crippen LogP contribution in [0, 0.1) is 17.6 Å². The van der Waals surface area contributed by atoms with Crippen molar-refractivity contribution in [2.24, 2.45) is 5.92 Å². The van der Waals surface area contributed by atoms with Gasteiger partial charge in [-0.2, -0.15) is 0 Å². The van der Waals surface area contributed by atoms with Gasteiger partial charge in [-0.15, -0.1) is 12.4 Å². The number of aromatic amines is 1. The number of hydrogen-bond acceptors (Lipinski definition) is 5. The number of carbonyl (C=O) groups is 1. The molecule has 1 aliphatic carbocycles. The van der Waals surface area contributed by atoms with Crippen LogP contribution in [0.25, 0.3) is 21.9 Å². The molecule has 35 heavy (non-hydrogen) atoms. The van der Waals surface area contributed by atoms with E-state index in [-0.39, 0.29) is 47.3 Å². The zero-order chi connectivity index (χ0) is 23.7. The van der Waals surface area contributed by atoms with Gasteiger partial charge in [-0.05, 0) is 49.9 Å². The zero-order valence-electron chi connectivity index (χ0n) is 19.1. The molecule has 7 nitrogen and oxygen atoms in total. The summed E-state index contributed by atoms with van der Waals surface area (Å²) in [6, 6.07) is 10.4. The van der Waals surface area contributed by atoms with Gasteiger partial charge < -0.3 is 20.4 Å². The summed E-state index contributed by atoms with van der Waals surface area (Å²) in [7, 11) is 1.47. The fraction of sp³-hybridized carbons (Fsp3) is 0.320. The van der Waals surface area contributed by atoms with Gasteiger partial charge in [0, 0.05) is 41.2 Å². The van der Waals surface area contributed by atoms with Crippen LogP contribution in [0.4, 0.5) is 14.5 Å². The van der Waals surface area contributed by atoms with Gasteiger partial charge in [0.25, 0.3) is 0 Å². The van der Waals surface area contributed by atoms with Crippen LogP contribution in [0.1, 0.15) is 31.4 Å². The second-order valence-corrected chi connectivity index (χ2v) is 8.62. The van der Waals surface area contributed by atoms with Crippen molar-refractivity contribution in [2.75, 3.05) is 12.4 Å². The van der Waals surface area contributed by atoms with Crippen molar-refractivity contribution >= 4 is 45.9 Å². The first-order chi connectivity index (χ1) is 16.5. The van der Waals surface area contributed by atoms with Crippen molar-refractivity contribution < 1.29 is 18.3 Å². The molecule has 0 unspecified atom stereocenters. The van der Waals surface area contributed by atoms with Crippen molar-refractivity contribution in [1.82, 2.24) is 20.3 Å². The number of aromatic nitrogens is 3. The number of nitrogens with zero attached hydrogens (tertiary/aromatic N) is 2. The summed E-state index contributed by atoms with van der Waals surface area (Å²) in [5, 5.41) is 6.82. The number of amides is 1. The number of nitrogens with one attached hydrogen (secondary N) is 3. The molecule has 0 aliphatic heterocycles. The van der Waals surface area contributed by atoms with E-state index in [0.717, 1.165) is 30.2 Å². The highest BCUT2D eigenvalue weighted by atomic mass is 35.5. The van der Waals surface area contributed by atoms with E-state index < -0.39 is 5.82 Å². The van der Waals surface area contributed by atoms with Gasteiger partial charge in [-0.25, -0.2) is 13.8 Å². The van der Waals surface area contributed by atoms with Crippen LogP contribution in [-0.2, 0) is 11.3 Å². The molecule has 1 aromatic carbocycles. The minimum atomic E-state index is -0.633. The summed E-state index contributed by atoms with van der Waals surface area (Å²) in [6.45, 7) is 0.595. The third-order valence-corrected chi connectivity index (χ3v) is 6.44. The maximum atomic E-state index is 14.5. The van der Waals surface area contributed by atoms with Gasteiger partial charge in [-0.1, -0.05) is 6.07 Å². The van der Waals surface area contributed by atoms with E-state index in [4.69, 9.17) is 4.74 Å². The Balaban J connectivity index is 0.00000289. The van der Waals surface area contributed by atoms with Gasteiger partial charge in [0.1, 0.15) is 17.0 Å². The highest BCUT2D eigenvalue weighted by molar-refractivity contribution is 6.00. The molecule has 184 valence electrons. The molecule has 4 aromatic rings. The Bertz CT molecular complexity index is 1350. The Morgan fingerprint density at radius 3 is 2.69 bits per heavy atom. The standard InChI is InChI=1S/C25H25F2N5O2.ClH/c1-34-22-10-9-21-24(31-22)23(19(27)13-29-21)32-25(33)14-5-7-15(8-6-14)28-12-16-11-17-18(26)3-2-4-20(17)30-16;/h2-4,9-11,13-15,28,30H,5-8,12H2,1H3,(H,29,32,33);1H. The largest absolute Gasteiger partial charge is 0.481 e. The molecule has 3 aromatic heterocycles. The van der Waals surface area contributed by atoms with Crippen LogP contribution in [0.15, 0.2) is 42.6 Å². The number of rotatable bonds is 6. The summed E-state index contributed by atoms with van der Waals surface area (Å²) >= 11 is 0. The number of hydrogen-bond donors (Lipinski definition) is 3. The number of halogens is 3. The first kappa shape index (κ1) is 24.8. The summed E-state index contributed by atoms with van der Waals surface area (Å²) in [4.78, 5) is 24.5. The highest BCUT2D eigenvalue weighted by Crippen LogP contribution is 2.29. The number of carbonyl (C=O) groups excluding carboxylic acids is 1. The quantitative estimate of drug-likeness (QED) is 0.341. The Morgan fingerprint density at radius 2 is 1.94 bits per heavy atom. The van der Waals surface area contributed by atoms with Gasteiger partial charge in [-0.3, -0.25) is 9.78 Å². The molecule has 3 N–H and O–H groups in total. The Kier molecular flexibility index (Phi) is 7.47. The average Bonchev–Trinajstić information content (AvgIpc) is 3.29. The SMILES string of the molecule is COc1ccc2ncc(F)c(NC(=O)C3CCC(NCc4cc5c(F)cccc5[nH]4)CC3)c2n1.Cl. The topological polar surface area (TPSA) is 91.9 Å². The molecule has 0 spiro atoms. The predicted octanol–water partition coefficient (Wildman–Crippen LogP) is 5.11. The molecule has 10 heteroatoms. The smallest absolute Gasteiger partial charge is 0.227 e. The Labute approximate surface area is 207 Å². The van der Waals surface area contributed by atoms with E-state index >= 15 is 0 Å². The highest BCUT2D eigenvalue weighted by Gasteiger charge is 2.27. The molecule has 5 rings (SSSR count). The number of pyridine rings is 2. The maximum absolute atomic E-state index is 14.5. The van der Waals surface area contributed by atoms with Crippen LogP contribution in [0.3, 0.4) is 0 Å². The average molecular weight is 502 g/mol. The van der Waals surface area contributed by atoms with Crippen LogP contribution >= 0.6 is 12.4 Å². The van der Waals surface area contributed by atoms with E-state index in [1.54, 1.807) is 18.2 Å². The van der Waals surface area contributed by atoms with Crippen LogP contribution < -0.4 is 15.4 Å². The predicted molar refractivity (Wildman–Crippen MR) is 133 cm³/mol. The molecule has 1 fully saturated rings. The van der Waals surface area contributed by atoms with Gasteiger partial charge in [0.15, 0.2) is 5.82 Å². The van der Waals surface area contributed by atoms with Gasteiger partial charge in [0.2, 0.25) is 11.8 Å². The Morgan fingerprint density at radius 1 is 1.14 bits per heavy atom. The maximum Gasteiger partial charge on any atom is 0.227 e. The second kappa shape index (κ2) is 10.5. The zero-order valence-corrected chi connectivity index (χ0v) is 19.9. The minimum Gasteiger partial charge on any atom is -0.481 e. The summed E-state index contributed by atoms with van der Waals surface area (Å²) in [6.07, 6.45) is 4.10. The first-order valence-corrected chi connectivity index (χ1v) is 11.3. The number of H-pyrrole nitrogens is 1. The Hall–Kier alpha value is -3.30. The van der Waals surface area contributed by atoms with Crippen molar-refractivity contribution in [3.8, 4) is 5.88 Å². The molecule has 0 atom stereocenters. The lowest BCUT2D eigenvalue weighted by Gasteiger charge is -2.28. The number of methoxy groups -OCH3 is 1. The van der Waals surface area contributed by atoms with Crippen molar-refractivity contribution in [1.29, 1.82) is 0 Å². The van der Waals surface area contributed by atoms with E-state index in [2.05, 4.69) is 25.6 Å². The summed E-state index contributed by atoms with van der Waals surface area (Å²) in [5.74, 6) is -0.987. The van der Waals surface area contributed by atoms with Crippen LogP contribution in [-0.4, -0.2) is 34.0 Å². The van der Waals surface area contributed by atoms with Crippen molar-refractivity contribution in [3.63, 3.8) is 0 Å². The summed E-state index contributed by atoms with van der Waals surface area (Å²) in [5.41, 5.74) is 2.46. The number of benzene rings is 1. The van der Waals surface area contributed by atoms with Gasteiger partial charge >= 0.3 is 0 Å². The molecular formula is C25H26ClF2N5O2. The van der Waals surface area contributed by atoms with E-state index in [9.17, 15) is 13.6 Å². The number of anilines is 1. The minimum absolute atomic E-state index is 0. The molecule has 1 amide bonds. The molecule has 1 saturated carbocycles. The molecule has 0 bridgehead atoms. The lowest BCUT2D eigenvalue weighted by atomic mass is 9.85. The fourth-order valence-corrected chi connectivity index (χ4v) is 4.57. The summed E-state index contributed by atoms with van der Waals surface area (Å²) < 4.78 is 33.5. The van der Waals surface area contributed by atoms with Crippen LogP contribution in [0.5, 0.6) is 5.88 Å². The van der Waals surface area contributed by atoms with Crippen molar-refractivity contribution in [3.05, 3.63) is 59.9 Å². The normalized spacial score (nSPS) is 17.8. The lowest BCUT2D eigenvalue weighted by molar-refractivity contribution is -0.120. The molecule has 3 heterocycles. The molecule has 0 saturated heterocycles. The number of ether oxygens (including phenoxy) is 1. The first-order valence-electron chi connectivity index (χ1n) is 11.3. The van der Waals surface area contributed by atoms with E-state index in [0.29, 0.717) is 36.2 Å². The van der Waals surface area contributed by atoms with Crippen LogP contribution in [0.2, 0.25) is 0 Å². The third-order valence-electron chi connectivity index (χ3n) is 6.44. The van der Waals surface area contributed by atoms with Gasteiger partial charge in [0.05, 0.1) is 18.8 Å². The lowest BCUT2D eigenvalue weighted by Crippen LogP contribution is -2.36. The van der Waals surface area contributed by atoms with Crippen molar-refractivity contribution in [2.45, 2.75) is 38.3 Å². The molecule has 1 aliphatic rings. The number of fused-ring (bicyclic) bond motifs is 2. The fourth-order valence-electron chi connectivity index (χ4n) is 4.57.